The number of unbranched alkanes of at least 4 members (excludes halogenated alkanes) is 3. The van der Waals surface area contributed by atoms with Crippen molar-refractivity contribution in [3.05, 3.63) is 70.4 Å². The average molecular weight is 1090 g/mol. The number of ether oxygens (including phenoxy) is 2. The number of methoxy groups -OCH3 is 1. The van der Waals surface area contributed by atoms with Crippen LogP contribution in [0.3, 0.4) is 0 Å². The molecule has 0 spiro atoms. The molecule has 4 fully saturated rings. The van der Waals surface area contributed by atoms with E-state index in [0.29, 0.717) is 113 Å². The number of nitrogen functional groups attached to an aromatic ring is 1. The van der Waals surface area contributed by atoms with Crippen LogP contribution in [-0.2, 0) is 44.9 Å². The monoisotopic (exact) mass is 1090 g/mol. The zero-order valence-electron chi connectivity index (χ0n) is 46.6. The molecule has 0 bridgehead atoms. The normalized spacial score (nSPS) is 22.5. The molecule has 3 aromatic heterocycles. The predicted octanol–water partition coefficient (Wildman–Crippen LogP) is 5.08. The van der Waals surface area contributed by atoms with E-state index in [9.17, 15) is 34.5 Å². The molecule has 1 aromatic carbocycles. The number of carboxylic acids is 1. The predicted molar refractivity (Wildman–Crippen MR) is 297 cm³/mol. The summed E-state index contributed by atoms with van der Waals surface area (Å²) in [7, 11) is 1.59. The Balaban J connectivity index is 0.700. The smallest absolute Gasteiger partial charge is 0.407 e. The number of rotatable bonds is 25. The second-order valence-corrected chi connectivity index (χ2v) is 23.0. The van der Waals surface area contributed by atoms with Crippen molar-refractivity contribution in [2.75, 3.05) is 89.9 Å². The Morgan fingerprint density at radius 1 is 0.886 bits per heavy atom. The Morgan fingerprint density at radius 2 is 1.66 bits per heavy atom. The third kappa shape index (κ3) is 14.9. The van der Waals surface area contributed by atoms with Crippen molar-refractivity contribution in [3.63, 3.8) is 0 Å². The van der Waals surface area contributed by atoms with E-state index in [1.165, 1.54) is 5.69 Å². The van der Waals surface area contributed by atoms with E-state index in [0.717, 1.165) is 123 Å². The van der Waals surface area contributed by atoms with Gasteiger partial charge >= 0.3 is 12.1 Å². The fourth-order valence-corrected chi connectivity index (χ4v) is 13.0. The number of aliphatic hydroxyl groups excluding tert-OH is 2. The van der Waals surface area contributed by atoms with Gasteiger partial charge in [-0.1, -0.05) is 11.6 Å². The SMILES string of the molecule is COc1ccc(CC[C@@H]2CCN(C[C@@H](CC(=O)O)c3cc(N4CCN(C(=O)CCCCn5nnc6c5CC[C@@H]5[C@H](CC6)[C@@H]5COC(=O)NCCCCCC(=O)N5C[C@H](O)C[C@H]5CO)CC4)cc(-n4nc(C)cc4C)c3)C2)nc1N. The van der Waals surface area contributed by atoms with Crippen LogP contribution in [0.5, 0.6) is 5.75 Å². The molecule has 21 heteroatoms. The third-order valence-electron chi connectivity index (χ3n) is 17.4. The van der Waals surface area contributed by atoms with Crippen LogP contribution in [0.25, 0.3) is 5.69 Å². The first-order chi connectivity index (χ1) is 38.2. The first-order valence-corrected chi connectivity index (χ1v) is 29.1. The van der Waals surface area contributed by atoms with Crippen molar-refractivity contribution >= 4 is 35.4 Å². The Hall–Kier alpha value is -6.32. The lowest BCUT2D eigenvalue weighted by Crippen LogP contribution is -2.48. The van der Waals surface area contributed by atoms with Crippen LogP contribution in [0.15, 0.2) is 36.4 Å². The van der Waals surface area contributed by atoms with Crippen molar-refractivity contribution in [2.24, 2.45) is 23.7 Å². The Kier molecular flexibility index (Phi) is 19.4. The largest absolute Gasteiger partial charge is 0.493 e. The number of fused-ring (bicyclic) bond motifs is 2. The number of nitrogens with zero attached hydrogens (tertiary/aromatic N) is 10. The third-order valence-corrected chi connectivity index (χ3v) is 17.4. The molecule has 3 aliphatic heterocycles. The van der Waals surface area contributed by atoms with Crippen molar-refractivity contribution in [1.82, 2.24) is 49.8 Å². The average Bonchev–Trinajstić information content (AvgIpc) is 4.19. The molecule has 430 valence electrons. The number of carbonyl (C=O) groups is 4. The lowest BCUT2D eigenvalue weighted by molar-refractivity contribution is -0.137. The molecule has 9 rings (SSSR count). The number of hydrogen-bond donors (Lipinski definition) is 5. The molecular formula is C58H84N12O9. The number of aliphatic hydroxyl groups is 2. The van der Waals surface area contributed by atoms with Gasteiger partial charge in [0, 0.05) is 94.7 Å². The molecule has 1 saturated carbocycles. The van der Waals surface area contributed by atoms with Gasteiger partial charge in [0.05, 0.1) is 61.7 Å². The maximum absolute atomic E-state index is 13.7. The van der Waals surface area contributed by atoms with Crippen LogP contribution in [0.2, 0.25) is 0 Å². The van der Waals surface area contributed by atoms with E-state index in [2.05, 4.69) is 54.7 Å². The minimum Gasteiger partial charge on any atom is -0.493 e. The lowest BCUT2D eigenvalue weighted by atomic mass is 9.93. The Morgan fingerprint density at radius 3 is 2.41 bits per heavy atom. The van der Waals surface area contributed by atoms with Gasteiger partial charge in [0.2, 0.25) is 11.8 Å². The highest BCUT2D eigenvalue weighted by Gasteiger charge is 2.50. The molecule has 3 saturated heterocycles. The summed E-state index contributed by atoms with van der Waals surface area (Å²) < 4.78 is 14.9. The summed E-state index contributed by atoms with van der Waals surface area (Å²) in [6, 6.07) is 12.0. The van der Waals surface area contributed by atoms with Crippen LogP contribution in [0.4, 0.5) is 16.3 Å². The van der Waals surface area contributed by atoms with E-state index in [1.807, 2.05) is 40.2 Å². The molecule has 3 amide bonds. The van der Waals surface area contributed by atoms with E-state index in [1.54, 1.807) is 12.0 Å². The van der Waals surface area contributed by atoms with Gasteiger partial charge in [-0.15, -0.1) is 5.10 Å². The van der Waals surface area contributed by atoms with Gasteiger partial charge in [0.15, 0.2) is 11.6 Å². The number of likely N-dealkylation sites (tertiary alicyclic amines) is 2. The number of aromatic nitrogens is 6. The van der Waals surface area contributed by atoms with Crippen LogP contribution >= 0.6 is 0 Å². The topological polar surface area (TPSA) is 260 Å². The van der Waals surface area contributed by atoms with Gasteiger partial charge < -0.3 is 55.4 Å². The zero-order valence-corrected chi connectivity index (χ0v) is 46.6. The van der Waals surface area contributed by atoms with Gasteiger partial charge in [-0.25, -0.2) is 19.1 Å². The zero-order chi connectivity index (χ0) is 55.6. The van der Waals surface area contributed by atoms with Gasteiger partial charge in [-0.3, -0.25) is 14.4 Å². The van der Waals surface area contributed by atoms with E-state index < -0.39 is 18.2 Å². The number of amides is 3. The van der Waals surface area contributed by atoms with Crippen LogP contribution < -0.4 is 20.7 Å². The van der Waals surface area contributed by atoms with E-state index in [-0.39, 0.29) is 43.3 Å². The van der Waals surface area contributed by atoms with Gasteiger partial charge in [0.1, 0.15) is 0 Å². The molecule has 0 unspecified atom stereocenters. The van der Waals surface area contributed by atoms with Crippen LogP contribution in [0, 0.1) is 37.5 Å². The first kappa shape index (κ1) is 57.4. The number of carboxylic acid groups (broad SMARTS) is 1. The maximum atomic E-state index is 13.7. The maximum Gasteiger partial charge on any atom is 0.407 e. The second kappa shape index (κ2) is 26.8. The number of nitrogens with one attached hydrogen (secondary N) is 1. The molecule has 0 radical (unpaired) electrons. The summed E-state index contributed by atoms with van der Waals surface area (Å²) in [5.41, 5.74) is 14.0. The highest BCUT2D eigenvalue weighted by Crippen LogP contribution is 2.53. The summed E-state index contributed by atoms with van der Waals surface area (Å²) >= 11 is 0. The molecule has 2 aliphatic carbocycles. The molecule has 6 N–H and O–H groups in total. The van der Waals surface area contributed by atoms with E-state index in [4.69, 9.17) is 20.3 Å². The summed E-state index contributed by atoms with van der Waals surface area (Å²) in [6.45, 7) is 10.7. The number of anilines is 2. The number of β-amino-alcohol motifs (C(OH)–C–C–N with tert-alkyl or cyclic N) is 1. The number of benzene rings is 1. The number of aliphatic carboxylic acids is 1. The number of nitrogens with two attached hydrogens (primary N) is 1. The first-order valence-electron chi connectivity index (χ1n) is 29.1. The van der Waals surface area contributed by atoms with Crippen LogP contribution in [-0.4, -0.2) is 175 Å². The number of alkyl carbamates (subject to hydrolysis) is 1. The van der Waals surface area contributed by atoms with Crippen molar-refractivity contribution in [2.45, 2.75) is 141 Å². The molecule has 7 atom stereocenters. The van der Waals surface area contributed by atoms with E-state index >= 15 is 0 Å². The molecule has 5 aliphatic rings. The van der Waals surface area contributed by atoms with Crippen molar-refractivity contribution in [1.29, 1.82) is 0 Å². The summed E-state index contributed by atoms with van der Waals surface area (Å²) in [5, 5.41) is 46.4. The fraction of sp³-hybridized carbons (Fsp3) is 0.655. The minimum atomic E-state index is -0.827. The second-order valence-electron chi connectivity index (χ2n) is 23.0. The number of piperazine rings is 1. The number of pyridine rings is 1. The molecule has 79 heavy (non-hydrogen) atoms. The standard InChI is InChI=1S/C58H84N12O9/c1-38-27-39(2)70(63-38)45-29-41(42(30-56(75)76)34-65-22-19-40(33-65)11-12-43-13-18-53(78-3)57(59)61-43)28-44(31-45)66-23-25-67(26-24-66)54(73)9-6-8-21-69-52-17-15-49-48(14-16-51(52)62-64-69)50(49)37-79-58(77)60-20-7-4-5-10-55(74)68-35-47(72)32-46(68)36-71/h13,18,27-29,31,40,42,46-50,71-72H,4-12,14-17,19-26,30,32-37H2,1-3H3,(H2,59,61)(H,60,77)(H,75,76)/t40-,42-,46+,47-,48+,49-,50+/m1/s1. The highest BCUT2D eigenvalue weighted by molar-refractivity contribution is 5.77. The summed E-state index contributed by atoms with van der Waals surface area (Å²) in [6.07, 6.45) is 10.6. The minimum absolute atomic E-state index is 0.0112. The number of carbonyl (C=O) groups excluding carboxylic acids is 3. The van der Waals surface area contributed by atoms with Gasteiger partial charge in [-0.2, -0.15) is 5.10 Å². The molecule has 21 nitrogen and oxygen atoms in total. The number of hydrogen-bond acceptors (Lipinski definition) is 15. The summed E-state index contributed by atoms with van der Waals surface area (Å²) in [5.74, 6) is 1.85. The molecule has 4 aromatic rings. The Labute approximate surface area is 464 Å². The Bertz CT molecular complexity index is 2720. The fourth-order valence-electron chi connectivity index (χ4n) is 13.0. The van der Waals surface area contributed by atoms with Crippen molar-refractivity contribution in [3.8, 4) is 11.4 Å². The van der Waals surface area contributed by atoms with Gasteiger partial charge in [0.25, 0.3) is 0 Å². The quantitative estimate of drug-likeness (QED) is 0.0542. The highest BCUT2D eigenvalue weighted by atomic mass is 16.5. The van der Waals surface area contributed by atoms with Crippen LogP contribution in [0.1, 0.15) is 123 Å². The summed E-state index contributed by atoms with van der Waals surface area (Å²) in [4.78, 5) is 64.0. The molecular weight excluding hydrogens is 1010 g/mol. The van der Waals surface area contributed by atoms with Crippen molar-refractivity contribution < 1.29 is 44.0 Å². The number of aryl methyl sites for hydroxylation is 5. The molecule has 6 heterocycles. The van der Waals surface area contributed by atoms with Gasteiger partial charge in [-0.05, 0) is 163 Å². The lowest BCUT2D eigenvalue weighted by Gasteiger charge is -2.37.